The molecule has 1 atom stereocenters. The predicted molar refractivity (Wildman–Crippen MR) is 70.1 cm³/mol. The molecule has 0 aromatic carbocycles. The zero-order chi connectivity index (χ0) is 12.8. The Morgan fingerprint density at radius 1 is 1.59 bits per heavy atom. The number of rotatable bonds is 5. The summed E-state index contributed by atoms with van der Waals surface area (Å²) in [5, 5.41) is 2.81. The maximum absolute atomic E-state index is 11.8. The zero-order valence-electron chi connectivity index (χ0n) is 10.6. The number of pyridine rings is 1. The molecule has 0 fully saturated rings. The van der Waals surface area contributed by atoms with Crippen molar-refractivity contribution in [2.24, 2.45) is 5.73 Å². The molecule has 0 saturated carbocycles. The van der Waals surface area contributed by atoms with Gasteiger partial charge in [0, 0.05) is 20.3 Å². The van der Waals surface area contributed by atoms with Crippen LogP contribution in [0.15, 0.2) is 18.3 Å². The molecule has 17 heavy (non-hydrogen) atoms. The molecule has 0 unspecified atom stereocenters. The van der Waals surface area contributed by atoms with E-state index in [9.17, 15) is 4.79 Å². The summed E-state index contributed by atoms with van der Waals surface area (Å²) in [6.07, 6.45) is 3.27. The Kier molecular flexibility index (Phi) is 4.90. The van der Waals surface area contributed by atoms with E-state index in [0.29, 0.717) is 12.1 Å². The number of carbonyl (C=O) groups excluding carboxylic acids is 1. The van der Waals surface area contributed by atoms with Gasteiger partial charge in [-0.15, -0.1) is 0 Å². The fourth-order valence-electron chi connectivity index (χ4n) is 1.52. The predicted octanol–water partition coefficient (Wildman–Crippen LogP) is 1.21. The summed E-state index contributed by atoms with van der Waals surface area (Å²) in [6.45, 7) is 2.00. The maximum atomic E-state index is 11.8. The molecule has 1 aromatic rings. The third-order valence-electron chi connectivity index (χ3n) is 2.40. The van der Waals surface area contributed by atoms with Gasteiger partial charge in [-0.25, -0.2) is 4.98 Å². The van der Waals surface area contributed by atoms with E-state index in [4.69, 9.17) is 5.73 Å². The normalized spacial score (nSPS) is 12.0. The van der Waals surface area contributed by atoms with Crippen LogP contribution in [0, 0.1) is 0 Å². The molecule has 3 N–H and O–H groups in total. The number of nitrogens with zero attached hydrogens (tertiary/aromatic N) is 2. The number of aromatic nitrogens is 1. The van der Waals surface area contributed by atoms with Gasteiger partial charge in [-0.2, -0.15) is 0 Å². The molecule has 0 saturated heterocycles. The number of amides is 1. The van der Waals surface area contributed by atoms with Crippen LogP contribution in [0.4, 0.5) is 11.5 Å². The highest BCUT2D eigenvalue weighted by molar-refractivity contribution is 5.96. The first-order valence-electron chi connectivity index (χ1n) is 5.75. The van der Waals surface area contributed by atoms with Crippen LogP contribution in [0.25, 0.3) is 0 Å². The highest BCUT2D eigenvalue weighted by Crippen LogP contribution is 2.20. The van der Waals surface area contributed by atoms with Crippen LogP contribution in [-0.4, -0.2) is 31.0 Å². The summed E-state index contributed by atoms with van der Waals surface area (Å²) >= 11 is 0. The lowest BCUT2D eigenvalue weighted by Gasteiger charge is -2.17. The highest BCUT2D eigenvalue weighted by atomic mass is 16.2. The van der Waals surface area contributed by atoms with Gasteiger partial charge in [0.15, 0.2) is 5.82 Å². The van der Waals surface area contributed by atoms with Crippen molar-refractivity contribution >= 4 is 17.4 Å². The molecular weight excluding hydrogens is 216 g/mol. The Morgan fingerprint density at radius 2 is 2.29 bits per heavy atom. The van der Waals surface area contributed by atoms with Crippen molar-refractivity contribution < 1.29 is 4.79 Å². The van der Waals surface area contributed by atoms with Crippen LogP contribution >= 0.6 is 0 Å². The van der Waals surface area contributed by atoms with Crippen molar-refractivity contribution in [3.05, 3.63) is 18.3 Å². The Morgan fingerprint density at radius 3 is 2.88 bits per heavy atom. The monoisotopic (exact) mass is 236 g/mol. The van der Waals surface area contributed by atoms with E-state index in [1.165, 1.54) is 0 Å². The molecule has 0 aliphatic heterocycles. The molecule has 0 aliphatic rings. The third-order valence-corrected chi connectivity index (χ3v) is 2.40. The van der Waals surface area contributed by atoms with E-state index in [-0.39, 0.29) is 5.91 Å². The minimum Gasteiger partial charge on any atom is -0.361 e. The van der Waals surface area contributed by atoms with E-state index in [2.05, 4.69) is 10.3 Å². The smallest absolute Gasteiger partial charge is 0.241 e. The molecule has 1 aromatic heterocycles. The topological polar surface area (TPSA) is 71.2 Å². The van der Waals surface area contributed by atoms with Crippen LogP contribution < -0.4 is 16.0 Å². The Bertz CT molecular complexity index is 379. The van der Waals surface area contributed by atoms with Crippen LogP contribution in [0.5, 0.6) is 0 Å². The van der Waals surface area contributed by atoms with Crippen molar-refractivity contribution in [1.82, 2.24) is 4.98 Å². The van der Waals surface area contributed by atoms with Crippen LogP contribution in [0.1, 0.15) is 19.8 Å². The van der Waals surface area contributed by atoms with Crippen molar-refractivity contribution in [2.45, 2.75) is 25.8 Å². The van der Waals surface area contributed by atoms with Gasteiger partial charge in [0.05, 0.1) is 11.7 Å². The summed E-state index contributed by atoms with van der Waals surface area (Å²) < 4.78 is 0. The molecule has 1 amide bonds. The lowest BCUT2D eigenvalue weighted by Crippen LogP contribution is -2.35. The number of anilines is 2. The minimum absolute atomic E-state index is 0.164. The fourth-order valence-corrected chi connectivity index (χ4v) is 1.52. The van der Waals surface area contributed by atoms with Gasteiger partial charge >= 0.3 is 0 Å². The quantitative estimate of drug-likeness (QED) is 0.806. The summed E-state index contributed by atoms with van der Waals surface area (Å²) in [7, 11) is 3.76. The van der Waals surface area contributed by atoms with Crippen LogP contribution in [0.2, 0.25) is 0 Å². The molecule has 0 aliphatic carbocycles. The van der Waals surface area contributed by atoms with Crippen LogP contribution in [-0.2, 0) is 4.79 Å². The van der Waals surface area contributed by atoms with Crippen molar-refractivity contribution in [1.29, 1.82) is 0 Å². The summed E-state index contributed by atoms with van der Waals surface area (Å²) in [4.78, 5) is 17.8. The second-order valence-corrected chi connectivity index (χ2v) is 4.15. The molecule has 0 spiro atoms. The summed E-state index contributed by atoms with van der Waals surface area (Å²) in [6, 6.07) is 3.14. The van der Waals surface area contributed by atoms with Gasteiger partial charge < -0.3 is 16.0 Å². The van der Waals surface area contributed by atoms with Crippen molar-refractivity contribution in [3.63, 3.8) is 0 Å². The molecule has 5 nitrogen and oxygen atoms in total. The highest BCUT2D eigenvalue weighted by Gasteiger charge is 2.14. The zero-order valence-corrected chi connectivity index (χ0v) is 10.6. The van der Waals surface area contributed by atoms with Gasteiger partial charge in [-0.3, -0.25) is 4.79 Å². The van der Waals surface area contributed by atoms with Gasteiger partial charge in [0.1, 0.15) is 0 Å². The molecule has 0 bridgehead atoms. The molecule has 1 heterocycles. The third kappa shape index (κ3) is 3.71. The number of hydrogen-bond donors (Lipinski definition) is 2. The van der Waals surface area contributed by atoms with Crippen molar-refractivity contribution in [2.75, 3.05) is 24.3 Å². The largest absolute Gasteiger partial charge is 0.361 e. The Labute approximate surface area is 102 Å². The van der Waals surface area contributed by atoms with E-state index in [1.54, 1.807) is 12.3 Å². The van der Waals surface area contributed by atoms with Gasteiger partial charge in [0.25, 0.3) is 0 Å². The van der Waals surface area contributed by atoms with E-state index in [1.807, 2.05) is 32.0 Å². The molecular formula is C12H20N4O. The average molecular weight is 236 g/mol. The maximum Gasteiger partial charge on any atom is 0.241 e. The molecule has 1 rings (SSSR count). The second-order valence-electron chi connectivity index (χ2n) is 4.15. The Balaban J connectivity index is 2.77. The number of hydrogen-bond acceptors (Lipinski definition) is 4. The first kappa shape index (κ1) is 13.4. The van der Waals surface area contributed by atoms with Gasteiger partial charge in [0.2, 0.25) is 5.91 Å². The first-order valence-corrected chi connectivity index (χ1v) is 5.75. The number of nitrogens with one attached hydrogen (secondary N) is 1. The standard InChI is InChI=1S/C12H20N4O/c1-4-6-9(13)12(17)15-10-7-5-8-14-11(10)16(2)3/h5,7-9H,4,6,13H2,1-3H3,(H,15,17)/t9-/m0/s1. The Hall–Kier alpha value is -1.62. The van der Waals surface area contributed by atoms with Gasteiger partial charge in [-0.05, 0) is 18.6 Å². The SMILES string of the molecule is CCC[C@H](N)C(=O)Nc1cccnc1N(C)C. The van der Waals surface area contributed by atoms with Crippen molar-refractivity contribution in [3.8, 4) is 0 Å². The minimum atomic E-state index is -0.463. The fraction of sp³-hybridized carbons (Fsp3) is 0.500. The van der Waals surface area contributed by atoms with E-state index < -0.39 is 6.04 Å². The van der Waals surface area contributed by atoms with E-state index in [0.717, 1.165) is 12.2 Å². The summed E-state index contributed by atoms with van der Waals surface area (Å²) in [5.74, 6) is 0.562. The lowest BCUT2D eigenvalue weighted by molar-refractivity contribution is -0.117. The molecule has 94 valence electrons. The molecule has 5 heteroatoms. The lowest BCUT2D eigenvalue weighted by atomic mass is 10.1. The number of carbonyl (C=O) groups is 1. The average Bonchev–Trinajstić information content (AvgIpc) is 2.29. The van der Waals surface area contributed by atoms with Gasteiger partial charge in [-0.1, -0.05) is 13.3 Å². The number of nitrogens with two attached hydrogens (primary N) is 1. The summed E-state index contributed by atoms with van der Waals surface area (Å²) in [5.41, 5.74) is 6.44. The first-order chi connectivity index (χ1) is 8.06. The second kappa shape index (κ2) is 6.20. The molecule has 0 radical (unpaired) electrons. The van der Waals surface area contributed by atoms with E-state index >= 15 is 0 Å². The van der Waals surface area contributed by atoms with Crippen LogP contribution in [0.3, 0.4) is 0 Å².